The second-order valence-electron chi connectivity index (χ2n) is 11.3. The number of nitrogens with one attached hydrogen (secondary N) is 1. The molecule has 4 aromatic rings. The van der Waals surface area contributed by atoms with Crippen molar-refractivity contribution in [2.45, 2.75) is 39.6 Å². The van der Waals surface area contributed by atoms with Crippen molar-refractivity contribution in [3.05, 3.63) is 94.8 Å². The average molecular weight is 617 g/mol. The highest BCUT2D eigenvalue weighted by molar-refractivity contribution is 5.84. The van der Waals surface area contributed by atoms with Crippen LogP contribution in [-0.2, 0) is 24.9 Å². The first-order valence-corrected chi connectivity index (χ1v) is 14.6. The minimum Gasteiger partial charge on any atom is -0.434 e. The molecule has 234 valence electrons. The van der Waals surface area contributed by atoms with E-state index in [0.717, 1.165) is 22.4 Å². The number of piperazine rings is 1. The van der Waals surface area contributed by atoms with Crippen molar-refractivity contribution >= 4 is 22.8 Å². The van der Waals surface area contributed by atoms with E-state index in [9.17, 15) is 18.4 Å². The summed E-state index contributed by atoms with van der Waals surface area (Å²) in [7, 11) is 1.65. The molecule has 45 heavy (non-hydrogen) atoms. The predicted molar refractivity (Wildman–Crippen MR) is 166 cm³/mol. The second-order valence-corrected chi connectivity index (χ2v) is 11.3. The maximum Gasteiger partial charge on any atom is 0.387 e. The molecule has 0 bridgehead atoms. The number of allylic oxidation sites excluding steroid dienone is 1. The fourth-order valence-corrected chi connectivity index (χ4v) is 5.94. The van der Waals surface area contributed by atoms with Crippen molar-refractivity contribution in [3.63, 3.8) is 0 Å². The molecule has 4 heterocycles. The molecular weight excluding hydrogens is 582 g/mol. The number of fused-ring (bicyclic) bond motifs is 1. The quantitative estimate of drug-likeness (QED) is 0.319. The van der Waals surface area contributed by atoms with Crippen molar-refractivity contribution in [1.29, 1.82) is 0 Å². The number of anilines is 1. The summed E-state index contributed by atoms with van der Waals surface area (Å²) in [6.07, 6.45) is 7.17. The normalized spacial score (nSPS) is 16.6. The van der Waals surface area contributed by atoms with Crippen LogP contribution in [0.4, 0.5) is 14.7 Å². The van der Waals surface area contributed by atoms with Crippen LogP contribution in [0.25, 0.3) is 22.0 Å². The molecular formula is C32H34F2N8O3. The number of aromatic nitrogens is 4. The lowest BCUT2D eigenvalue weighted by atomic mass is 10.1. The first kappa shape index (κ1) is 29.9. The molecule has 6 rings (SSSR count). The minimum absolute atomic E-state index is 0.0379. The SMILES string of the molecule is C=C1C=CN(Cc2ccc(OC(F)F)c(Cn3c4cc(-c5cnc(N6CCN(C(C)=O)[C@H](C)C6)nc5)ccc4c(=O)n3C)c2)N1. The molecule has 1 N–H and O–H groups in total. The van der Waals surface area contributed by atoms with Gasteiger partial charge in [0.2, 0.25) is 11.9 Å². The van der Waals surface area contributed by atoms with E-state index in [0.29, 0.717) is 48.6 Å². The number of nitrogens with zero attached hydrogens (tertiary/aromatic N) is 7. The summed E-state index contributed by atoms with van der Waals surface area (Å²) in [4.78, 5) is 38.2. The van der Waals surface area contributed by atoms with Gasteiger partial charge in [-0.3, -0.25) is 29.4 Å². The number of carbonyl (C=O) groups is 1. The summed E-state index contributed by atoms with van der Waals surface area (Å²) in [5, 5.41) is 2.33. The van der Waals surface area contributed by atoms with Crippen LogP contribution >= 0.6 is 0 Å². The molecule has 0 unspecified atom stereocenters. The van der Waals surface area contributed by atoms with Gasteiger partial charge in [-0.2, -0.15) is 8.78 Å². The van der Waals surface area contributed by atoms with Crippen molar-refractivity contribution in [3.8, 4) is 16.9 Å². The topological polar surface area (TPSA) is 101 Å². The van der Waals surface area contributed by atoms with Gasteiger partial charge < -0.3 is 14.5 Å². The Labute approximate surface area is 258 Å². The number of hydrogen-bond donors (Lipinski definition) is 1. The highest BCUT2D eigenvalue weighted by atomic mass is 19.3. The fourth-order valence-electron chi connectivity index (χ4n) is 5.94. The van der Waals surface area contributed by atoms with Gasteiger partial charge in [0.15, 0.2) is 0 Å². The summed E-state index contributed by atoms with van der Waals surface area (Å²) in [6, 6.07) is 10.6. The highest BCUT2D eigenvalue weighted by Gasteiger charge is 2.26. The molecule has 2 aromatic heterocycles. The van der Waals surface area contributed by atoms with Gasteiger partial charge in [-0.05, 0) is 48.4 Å². The van der Waals surface area contributed by atoms with E-state index >= 15 is 0 Å². The van der Waals surface area contributed by atoms with E-state index in [1.54, 1.807) is 49.2 Å². The number of halogens is 2. The smallest absolute Gasteiger partial charge is 0.387 e. The van der Waals surface area contributed by atoms with E-state index in [-0.39, 0.29) is 29.8 Å². The van der Waals surface area contributed by atoms with Crippen molar-refractivity contribution in [1.82, 2.24) is 34.7 Å². The van der Waals surface area contributed by atoms with E-state index in [1.807, 2.05) is 41.2 Å². The maximum atomic E-state index is 13.4. The lowest BCUT2D eigenvalue weighted by Crippen LogP contribution is -2.53. The Hall–Kier alpha value is -5.20. The third-order valence-corrected chi connectivity index (χ3v) is 8.21. The number of rotatable bonds is 8. The molecule has 1 fully saturated rings. The van der Waals surface area contributed by atoms with Gasteiger partial charge >= 0.3 is 6.61 Å². The van der Waals surface area contributed by atoms with Gasteiger partial charge in [-0.1, -0.05) is 18.7 Å². The van der Waals surface area contributed by atoms with Crippen LogP contribution in [0.3, 0.4) is 0 Å². The lowest BCUT2D eigenvalue weighted by Gasteiger charge is -2.39. The van der Waals surface area contributed by atoms with Crippen LogP contribution in [0.1, 0.15) is 25.0 Å². The molecule has 1 saturated heterocycles. The zero-order valence-corrected chi connectivity index (χ0v) is 25.3. The molecule has 0 radical (unpaired) electrons. The molecule has 2 aliphatic heterocycles. The predicted octanol–water partition coefficient (Wildman–Crippen LogP) is 3.85. The number of hydrogen-bond acceptors (Lipinski definition) is 8. The monoisotopic (exact) mass is 616 g/mol. The van der Waals surface area contributed by atoms with Gasteiger partial charge in [0, 0.05) is 75.1 Å². The van der Waals surface area contributed by atoms with E-state index < -0.39 is 6.61 Å². The Bertz CT molecular complexity index is 1850. The summed E-state index contributed by atoms with van der Waals surface area (Å²) in [6.45, 7) is 6.94. The Kier molecular flexibility index (Phi) is 8.00. The molecule has 2 aliphatic rings. The Balaban J connectivity index is 1.29. The zero-order valence-electron chi connectivity index (χ0n) is 25.3. The van der Waals surface area contributed by atoms with Crippen LogP contribution in [0, 0.1) is 0 Å². The molecule has 1 atom stereocenters. The van der Waals surface area contributed by atoms with Gasteiger partial charge in [-0.25, -0.2) is 9.97 Å². The van der Waals surface area contributed by atoms with Crippen LogP contribution in [0.15, 0.2) is 78.1 Å². The number of benzene rings is 2. The van der Waals surface area contributed by atoms with Crippen molar-refractivity contribution in [2.24, 2.45) is 7.05 Å². The van der Waals surface area contributed by atoms with Crippen LogP contribution < -0.4 is 20.6 Å². The molecule has 0 spiro atoms. The number of amides is 1. The standard InChI is InChI=1S/C32H34F2N8O3/c1-20-9-10-40(37-20)18-23-5-8-29(45-31(33)34)25(13-23)19-42-28-14-24(6-7-27(28)30(44)38(42)4)26-15-35-32(36-16-26)39-11-12-41(22(3)43)21(2)17-39/h5-10,13-16,21,31,37H,1,11-12,17-19H2,2-4H3/t21-/m1/s1. The molecule has 0 saturated carbocycles. The Morgan fingerprint density at radius 1 is 1.11 bits per heavy atom. The van der Waals surface area contributed by atoms with Gasteiger partial charge in [0.05, 0.1) is 24.0 Å². The average Bonchev–Trinajstić information content (AvgIpc) is 3.53. The van der Waals surface area contributed by atoms with E-state index in [2.05, 4.69) is 26.9 Å². The fraction of sp³-hybridized carbons (Fsp3) is 0.312. The minimum atomic E-state index is -3.00. The molecule has 13 heteroatoms. The largest absolute Gasteiger partial charge is 0.434 e. The summed E-state index contributed by atoms with van der Waals surface area (Å²) >= 11 is 0. The van der Waals surface area contributed by atoms with E-state index in [4.69, 9.17) is 4.74 Å². The molecule has 1 amide bonds. The molecule has 2 aromatic carbocycles. The summed E-state index contributed by atoms with van der Waals surface area (Å²) in [5.74, 6) is 0.681. The van der Waals surface area contributed by atoms with Gasteiger partial charge in [0.1, 0.15) is 5.75 Å². The van der Waals surface area contributed by atoms with E-state index in [1.165, 1.54) is 10.7 Å². The maximum absolute atomic E-state index is 13.4. The first-order valence-electron chi connectivity index (χ1n) is 14.6. The van der Waals surface area contributed by atoms with Crippen molar-refractivity contribution < 1.29 is 18.3 Å². The number of alkyl halides is 2. The number of ether oxygens (including phenoxy) is 1. The first-order chi connectivity index (χ1) is 21.6. The Morgan fingerprint density at radius 3 is 2.56 bits per heavy atom. The Morgan fingerprint density at radius 2 is 1.89 bits per heavy atom. The third kappa shape index (κ3) is 6.10. The molecule has 0 aliphatic carbocycles. The second kappa shape index (κ2) is 12.1. The van der Waals surface area contributed by atoms with Gasteiger partial charge in [0.25, 0.3) is 5.56 Å². The highest BCUT2D eigenvalue weighted by Crippen LogP contribution is 2.28. The zero-order chi connectivity index (χ0) is 31.8. The molecule has 11 nitrogen and oxygen atoms in total. The van der Waals surface area contributed by atoms with Crippen LogP contribution in [0.2, 0.25) is 0 Å². The van der Waals surface area contributed by atoms with Crippen LogP contribution in [0.5, 0.6) is 5.75 Å². The van der Waals surface area contributed by atoms with Gasteiger partial charge in [-0.15, -0.1) is 0 Å². The lowest BCUT2D eigenvalue weighted by molar-refractivity contribution is -0.131. The number of carbonyl (C=O) groups excluding carboxylic acids is 1. The summed E-state index contributed by atoms with van der Waals surface area (Å²) < 4.78 is 34.8. The van der Waals surface area contributed by atoms with Crippen LogP contribution in [-0.4, -0.2) is 67.4 Å². The third-order valence-electron chi connectivity index (χ3n) is 8.21. The number of hydrazine groups is 1. The summed E-state index contributed by atoms with van der Waals surface area (Å²) in [5.41, 5.74) is 7.19. The van der Waals surface area contributed by atoms with Crippen molar-refractivity contribution in [2.75, 3.05) is 24.5 Å².